The van der Waals surface area contributed by atoms with E-state index >= 15 is 0 Å². The largest absolute Gasteiger partial charge is 0.439 e. The number of ether oxygens (including phenoxy) is 1. The lowest BCUT2D eigenvalue weighted by atomic mass is 9.93. The average Bonchev–Trinajstić information content (AvgIpc) is 3.09. The molecule has 2 aromatic rings. The van der Waals surface area contributed by atoms with E-state index in [-0.39, 0.29) is 12.1 Å². The van der Waals surface area contributed by atoms with Gasteiger partial charge < -0.3 is 24.3 Å². The van der Waals surface area contributed by atoms with Crippen LogP contribution in [0.1, 0.15) is 19.8 Å². The van der Waals surface area contributed by atoms with Gasteiger partial charge in [-0.1, -0.05) is 0 Å². The first-order chi connectivity index (χ1) is 12.9. The van der Waals surface area contributed by atoms with E-state index in [1.807, 2.05) is 6.92 Å². The minimum atomic E-state index is -0.628. The minimum absolute atomic E-state index is 0.267. The van der Waals surface area contributed by atoms with Gasteiger partial charge in [-0.3, -0.25) is 4.57 Å². The van der Waals surface area contributed by atoms with Crippen LogP contribution in [0, 0.1) is 0 Å². The zero-order valence-corrected chi connectivity index (χ0v) is 15.4. The number of carbonyl (C=O) groups is 2. The Morgan fingerprint density at radius 2 is 2.11 bits per heavy atom. The molecule has 0 aliphatic carbocycles. The van der Waals surface area contributed by atoms with Crippen molar-refractivity contribution in [3.8, 4) is 0 Å². The number of fused-ring (bicyclic) bond motifs is 1. The number of rotatable bonds is 2. The summed E-state index contributed by atoms with van der Waals surface area (Å²) in [5.41, 5.74) is 1.04. The summed E-state index contributed by atoms with van der Waals surface area (Å²) in [7, 11) is 1.70. The van der Waals surface area contributed by atoms with Crippen LogP contribution < -0.4 is 11.1 Å². The molecule has 2 aliphatic heterocycles. The van der Waals surface area contributed by atoms with Crippen LogP contribution in [0.3, 0.4) is 0 Å². The molecule has 4 rings (SSSR count). The van der Waals surface area contributed by atoms with Crippen LogP contribution in [0.2, 0.25) is 0 Å². The number of carbonyl (C=O) groups excluding carboxylic acids is 2. The summed E-state index contributed by atoms with van der Waals surface area (Å²) in [6.45, 7) is 3.82. The number of aryl methyl sites for hydroxylation is 1. The monoisotopic (exact) mass is 374 g/mol. The van der Waals surface area contributed by atoms with Crippen LogP contribution in [0.15, 0.2) is 27.4 Å². The fourth-order valence-corrected chi connectivity index (χ4v) is 3.92. The van der Waals surface area contributed by atoms with Crippen molar-refractivity contribution >= 4 is 28.9 Å². The smallest absolute Gasteiger partial charge is 0.419 e. The number of oxazole rings is 1. The highest BCUT2D eigenvalue weighted by molar-refractivity contribution is 5.91. The normalized spacial score (nSPS) is 22.5. The molecule has 0 bridgehead atoms. The Morgan fingerprint density at radius 3 is 2.81 bits per heavy atom. The van der Waals surface area contributed by atoms with Gasteiger partial charge in [0.2, 0.25) is 0 Å². The maximum atomic E-state index is 12.7. The van der Waals surface area contributed by atoms with Gasteiger partial charge in [-0.15, -0.1) is 0 Å². The van der Waals surface area contributed by atoms with E-state index in [1.165, 1.54) is 9.47 Å². The van der Waals surface area contributed by atoms with Gasteiger partial charge in [0.15, 0.2) is 5.58 Å². The molecule has 0 unspecified atom stereocenters. The summed E-state index contributed by atoms with van der Waals surface area (Å²) in [4.78, 5) is 39.4. The lowest BCUT2D eigenvalue weighted by Crippen LogP contribution is -2.53. The highest BCUT2D eigenvalue weighted by Gasteiger charge is 2.47. The van der Waals surface area contributed by atoms with Crippen LogP contribution in [0.25, 0.3) is 11.1 Å². The Labute approximate surface area is 155 Å². The lowest BCUT2D eigenvalue weighted by Gasteiger charge is -2.38. The number of amides is 3. The number of hydrogen-bond acceptors (Lipinski definition) is 5. The minimum Gasteiger partial charge on any atom is -0.439 e. The second-order valence-electron chi connectivity index (χ2n) is 7.16. The van der Waals surface area contributed by atoms with Crippen molar-refractivity contribution in [3.63, 3.8) is 0 Å². The van der Waals surface area contributed by atoms with E-state index in [1.54, 1.807) is 30.1 Å². The van der Waals surface area contributed by atoms with Crippen LogP contribution in [0.4, 0.5) is 15.3 Å². The number of piperidine rings is 1. The van der Waals surface area contributed by atoms with Gasteiger partial charge in [0, 0.05) is 31.9 Å². The molecule has 1 spiro atoms. The third-order valence-electron chi connectivity index (χ3n) is 5.20. The zero-order chi connectivity index (χ0) is 19.2. The van der Waals surface area contributed by atoms with E-state index < -0.39 is 11.4 Å². The molecule has 1 aromatic carbocycles. The molecule has 27 heavy (non-hydrogen) atoms. The fraction of sp³-hybridized carbons (Fsp3) is 0.500. The van der Waals surface area contributed by atoms with E-state index in [9.17, 15) is 14.4 Å². The lowest BCUT2D eigenvalue weighted by molar-refractivity contribution is 0.00497. The number of anilines is 1. The molecule has 0 saturated carbocycles. The molecule has 1 N–H and O–H groups in total. The molecule has 144 valence electrons. The molecule has 9 heteroatoms. The Hall–Kier alpha value is -2.97. The predicted molar refractivity (Wildman–Crippen MR) is 97.8 cm³/mol. The Bertz CT molecular complexity index is 964. The summed E-state index contributed by atoms with van der Waals surface area (Å²) >= 11 is 0. The second kappa shape index (κ2) is 6.33. The summed E-state index contributed by atoms with van der Waals surface area (Å²) in [5.74, 6) is -0.416. The third-order valence-corrected chi connectivity index (χ3v) is 5.20. The average molecular weight is 374 g/mol. The van der Waals surface area contributed by atoms with Crippen molar-refractivity contribution < 1.29 is 18.7 Å². The maximum absolute atomic E-state index is 12.7. The van der Waals surface area contributed by atoms with Gasteiger partial charge in [0.05, 0.1) is 18.6 Å². The Morgan fingerprint density at radius 1 is 1.30 bits per heavy atom. The standard InChI is InChI=1S/C18H22N4O5/c1-3-22-13-6-5-12(9-14(13)26-17(22)25)19-15(23)21-8-4-7-18(11-21)10-20(2)16(24)27-18/h5-6,9H,3-4,7-8,10-11H2,1-2H3,(H,19,23)/t18-/m1/s1. The number of likely N-dealkylation sites (N-methyl/N-ethyl adjacent to an activating group) is 1. The highest BCUT2D eigenvalue weighted by atomic mass is 16.6. The summed E-state index contributed by atoms with van der Waals surface area (Å²) < 4.78 is 12.3. The number of likely N-dealkylation sites (tertiary alicyclic amines) is 1. The van der Waals surface area contributed by atoms with Crippen molar-refractivity contribution in [2.75, 3.05) is 32.0 Å². The molecule has 2 saturated heterocycles. The first-order valence-corrected chi connectivity index (χ1v) is 9.04. The van der Waals surface area contributed by atoms with Gasteiger partial charge in [-0.25, -0.2) is 14.4 Å². The summed E-state index contributed by atoms with van der Waals surface area (Å²) in [5, 5.41) is 2.84. The zero-order valence-electron chi connectivity index (χ0n) is 15.4. The first kappa shape index (κ1) is 17.4. The Balaban J connectivity index is 1.49. The van der Waals surface area contributed by atoms with Gasteiger partial charge in [-0.05, 0) is 31.9 Å². The van der Waals surface area contributed by atoms with Crippen molar-refractivity contribution in [2.45, 2.75) is 31.9 Å². The van der Waals surface area contributed by atoms with Crippen molar-refractivity contribution in [1.82, 2.24) is 14.4 Å². The van der Waals surface area contributed by atoms with Crippen molar-refractivity contribution in [3.05, 3.63) is 28.7 Å². The van der Waals surface area contributed by atoms with Crippen LogP contribution in [0.5, 0.6) is 0 Å². The number of nitrogens with one attached hydrogen (secondary N) is 1. The number of urea groups is 1. The van der Waals surface area contributed by atoms with Crippen molar-refractivity contribution in [1.29, 1.82) is 0 Å². The van der Waals surface area contributed by atoms with Gasteiger partial charge >= 0.3 is 17.9 Å². The molecule has 1 atom stereocenters. The van der Waals surface area contributed by atoms with E-state index in [0.717, 1.165) is 12.8 Å². The number of benzene rings is 1. The van der Waals surface area contributed by atoms with Crippen LogP contribution in [-0.4, -0.2) is 58.8 Å². The van der Waals surface area contributed by atoms with E-state index in [2.05, 4.69) is 5.32 Å². The fourth-order valence-electron chi connectivity index (χ4n) is 3.92. The number of aromatic nitrogens is 1. The van der Waals surface area contributed by atoms with Gasteiger partial charge in [-0.2, -0.15) is 0 Å². The molecule has 2 aliphatic rings. The quantitative estimate of drug-likeness (QED) is 0.868. The summed E-state index contributed by atoms with van der Waals surface area (Å²) in [6, 6.07) is 4.87. The Kier molecular flexibility index (Phi) is 4.09. The molecular weight excluding hydrogens is 352 g/mol. The second-order valence-corrected chi connectivity index (χ2v) is 7.16. The molecule has 9 nitrogen and oxygen atoms in total. The van der Waals surface area contributed by atoms with E-state index in [4.69, 9.17) is 9.15 Å². The van der Waals surface area contributed by atoms with Gasteiger partial charge in [0.1, 0.15) is 5.60 Å². The number of hydrogen-bond donors (Lipinski definition) is 1. The highest BCUT2D eigenvalue weighted by Crippen LogP contribution is 2.31. The van der Waals surface area contributed by atoms with Crippen LogP contribution in [-0.2, 0) is 11.3 Å². The topological polar surface area (TPSA) is 97.0 Å². The molecule has 1 aromatic heterocycles. The summed E-state index contributed by atoms with van der Waals surface area (Å²) in [6.07, 6.45) is 1.16. The molecule has 3 amide bonds. The molecule has 3 heterocycles. The van der Waals surface area contributed by atoms with E-state index in [0.29, 0.717) is 43.0 Å². The first-order valence-electron chi connectivity index (χ1n) is 9.04. The predicted octanol–water partition coefficient (Wildman–Crippen LogP) is 2.06. The third kappa shape index (κ3) is 3.02. The SMILES string of the molecule is CCn1c(=O)oc2cc(NC(=O)N3CCC[C@@]4(CN(C)C(=O)O4)C3)ccc21. The molecule has 2 fully saturated rings. The maximum Gasteiger partial charge on any atom is 0.419 e. The molecule has 0 radical (unpaired) electrons. The number of nitrogens with zero attached hydrogens (tertiary/aromatic N) is 3. The van der Waals surface area contributed by atoms with Gasteiger partial charge in [0.25, 0.3) is 0 Å². The van der Waals surface area contributed by atoms with Crippen LogP contribution >= 0.6 is 0 Å². The molecular formula is C18H22N4O5. The van der Waals surface area contributed by atoms with Crippen molar-refractivity contribution in [2.24, 2.45) is 0 Å².